The Labute approximate surface area is 116 Å². The van der Waals surface area contributed by atoms with Crippen LogP contribution in [0.2, 0.25) is 0 Å². The average Bonchev–Trinajstić information content (AvgIpc) is 2.42. The number of hydrogen-bond donors (Lipinski definition) is 2. The van der Waals surface area contributed by atoms with E-state index in [-0.39, 0.29) is 18.2 Å². The molecule has 2 N–H and O–H groups in total. The van der Waals surface area contributed by atoms with Crippen molar-refractivity contribution in [2.24, 2.45) is 0 Å². The van der Waals surface area contributed by atoms with Crippen molar-refractivity contribution in [2.45, 2.75) is 25.6 Å². The van der Waals surface area contributed by atoms with E-state index in [1.807, 2.05) is 0 Å². The molecule has 1 atom stereocenters. The number of amides is 1. The molecule has 0 aromatic heterocycles. The van der Waals surface area contributed by atoms with E-state index in [9.17, 15) is 18.7 Å². The van der Waals surface area contributed by atoms with Crippen LogP contribution < -0.4 is 10.1 Å². The lowest BCUT2D eigenvalue weighted by molar-refractivity contribution is -0.121. The molecule has 1 unspecified atom stereocenters. The van der Waals surface area contributed by atoms with Gasteiger partial charge in [0.15, 0.2) is 0 Å². The molecule has 1 aromatic carbocycles. The Balaban J connectivity index is 2.44. The molecule has 20 heavy (non-hydrogen) atoms. The molecule has 1 aromatic rings. The van der Waals surface area contributed by atoms with Crippen molar-refractivity contribution >= 4 is 5.91 Å². The van der Waals surface area contributed by atoms with Crippen molar-refractivity contribution in [1.29, 1.82) is 0 Å². The number of ether oxygens (including phenoxy) is 1. The van der Waals surface area contributed by atoms with Crippen molar-refractivity contribution in [1.82, 2.24) is 5.32 Å². The summed E-state index contributed by atoms with van der Waals surface area (Å²) < 4.78 is 28.1. The minimum atomic E-state index is -2.88. The molecule has 0 fully saturated rings. The maximum atomic E-state index is 12.0. The van der Waals surface area contributed by atoms with Crippen LogP contribution in [-0.4, -0.2) is 24.2 Å². The number of benzene rings is 1. The Bertz CT molecular complexity index is 435. The number of halogens is 2. The van der Waals surface area contributed by atoms with Gasteiger partial charge >= 0.3 is 6.61 Å². The number of hydrogen-bond acceptors (Lipinski definition) is 3. The summed E-state index contributed by atoms with van der Waals surface area (Å²) in [4.78, 5) is 11.3. The minimum absolute atomic E-state index is 0.0194. The Morgan fingerprint density at radius 3 is 2.60 bits per heavy atom. The first-order valence-electron chi connectivity index (χ1n) is 6.13. The first-order valence-corrected chi connectivity index (χ1v) is 6.13. The number of aliphatic hydroxyl groups excluding tert-OH is 1. The largest absolute Gasteiger partial charge is 0.435 e. The van der Waals surface area contributed by atoms with Gasteiger partial charge in [-0.3, -0.25) is 4.79 Å². The zero-order valence-corrected chi connectivity index (χ0v) is 10.9. The topological polar surface area (TPSA) is 58.6 Å². The highest BCUT2D eigenvalue weighted by atomic mass is 19.3. The predicted molar refractivity (Wildman–Crippen MR) is 70.5 cm³/mol. The summed E-state index contributed by atoms with van der Waals surface area (Å²) in [6, 6.07) is 5.62. The molecule has 0 saturated carbocycles. The van der Waals surface area contributed by atoms with Gasteiger partial charge in [0.05, 0.1) is 6.10 Å². The molecule has 0 spiro atoms. The molecule has 110 valence electrons. The molecule has 6 heteroatoms. The van der Waals surface area contributed by atoms with Gasteiger partial charge in [0.2, 0.25) is 5.91 Å². The number of alkyl halides is 2. The van der Waals surface area contributed by atoms with Crippen LogP contribution in [0.1, 0.15) is 24.5 Å². The van der Waals surface area contributed by atoms with Gasteiger partial charge in [-0.15, -0.1) is 6.58 Å². The van der Waals surface area contributed by atoms with E-state index in [0.717, 1.165) is 0 Å². The highest BCUT2D eigenvalue weighted by Gasteiger charge is 2.10. The van der Waals surface area contributed by atoms with Crippen LogP contribution in [0.3, 0.4) is 0 Å². The van der Waals surface area contributed by atoms with E-state index < -0.39 is 12.7 Å². The first-order chi connectivity index (χ1) is 9.52. The quantitative estimate of drug-likeness (QED) is 0.721. The summed E-state index contributed by atoms with van der Waals surface area (Å²) >= 11 is 0. The molecule has 0 aliphatic carbocycles. The van der Waals surface area contributed by atoms with Gasteiger partial charge in [-0.1, -0.05) is 18.2 Å². The van der Waals surface area contributed by atoms with Gasteiger partial charge in [-0.2, -0.15) is 8.78 Å². The van der Waals surface area contributed by atoms with E-state index in [2.05, 4.69) is 16.6 Å². The zero-order valence-electron chi connectivity index (χ0n) is 10.9. The van der Waals surface area contributed by atoms with E-state index in [1.54, 1.807) is 6.08 Å². The predicted octanol–water partition coefficient (Wildman–Crippen LogP) is 2.40. The van der Waals surface area contributed by atoms with Crippen LogP contribution in [0.5, 0.6) is 5.75 Å². The smallest absolute Gasteiger partial charge is 0.387 e. The number of carbonyl (C=O) groups excluding carboxylic acids is 1. The molecule has 4 nitrogen and oxygen atoms in total. The lowest BCUT2D eigenvalue weighted by Gasteiger charge is -2.13. The summed E-state index contributed by atoms with van der Waals surface area (Å²) in [5, 5.41) is 12.4. The molecule has 0 saturated heterocycles. The van der Waals surface area contributed by atoms with E-state index in [1.165, 1.54) is 24.3 Å². The molecule has 1 rings (SSSR count). The molecule has 0 heterocycles. The van der Waals surface area contributed by atoms with Gasteiger partial charge in [0.25, 0.3) is 0 Å². The van der Waals surface area contributed by atoms with Gasteiger partial charge in [-0.25, -0.2) is 0 Å². The van der Waals surface area contributed by atoms with E-state index in [0.29, 0.717) is 18.4 Å². The second-order valence-electron chi connectivity index (χ2n) is 4.09. The Kier molecular flexibility index (Phi) is 6.66. The molecule has 0 radical (unpaired) electrons. The Morgan fingerprint density at radius 2 is 2.05 bits per heavy atom. The summed E-state index contributed by atoms with van der Waals surface area (Å²) in [6.45, 7) is 0.690. The van der Waals surface area contributed by atoms with Crippen molar-refractivity contribution in [3.8, 4) is 5.75 Å². The highest BCUT2D eigenvalue weighted by Crippen LogP contribution is 2.18. The third kappa shape index (κ3) is 5.79. The Morgan fingerprint density at radius 1 is 1.40 bits per heavy atom. The second kappa shape index (κ2) is 8.27. The lowest BCUT2D eigenvalue weighted by Crippen LogP contribution is -2.27. The van der Waals surface area contributed by atoms with E-state index in [4.69, 9.17) is 0 Å². The number of carbonyl (C=O) groups is 1. The van der Waals surface area contributed by atoms with Gasteiger partial charge in [-0.05, 0) is 24.1 Å². The summed E-state index contributed by atoms with van der Waals surface area (Å²) in [6.07, 6.45) is 1.62. The second-order valence-corrected chi connectivity index (χ2v) is 4.09. The molecule has 0 bridgehead atoms. The molecule has 0 aliphatic rings. The fraction of sp³-hybridized carbons (Fsp3) is 0.357. The summed E-state index contributed by atoms with van der Waals surface area (Å²) in [5.41, 5.74) is 0.510. The molecular formula is C14H17F2NO3. The van der Waals surface area contributed by atoms with Gasteiger partial charge in [0.1, 0.15) is 5.75 Å². The molecule has 0 aliphatic heterocycles. The van der Waals surface area contributed by atoms with Gasteiger partial charge in [0, 0.05) is 13.0 Å². The monoisotopic (exact) mass is 285 g/mol. The summed E-state index contributed by atoms with van der Waals surface area (Å²) in [7, 11) is 0. The van der Waals surface area contributed by atoms with Crippen LogP contribution in [-0.2, 0) is 4.79 Å². The van der Waals surface area contributed by atoms with E-state index >= 15 is 0 Å². The molecule has 1 amide bonds. The number of nitrogens with one attached hydrogen (secondary N) is 1. The maximum Gasteiger partial charge on any atom is 0.387 e. The highest BCUT2D eigenvalue weighted by molar-refractivity contribution is 5.76. The number of rotatable bonds is 8. The van der Waals surface area contributed by atoms with Gasteiger partial charge < -0.3 is 15.2 Å². The Hall–Kier alpha value is -1.95. The number of aliphatic hydroxyl groups is 1. The fourth-order valence-electron chi connectivity index (χ4n) is 1.52. The van der Waals surface area contributed by atoms with Crippen LogP contribution in [0.15, 0.2) is 36.9 Å². The third-order valence-electron chi connectivity index (χ3n) is 2.56. The van der Waals surface area contributed by atoms with Crippen molar-refractivity contribution in [3.63, 3.8) is 0 Å². The average molecular weight is 285 g/mol. The fourth-order valence-corrected chi connectivity index (χ4v) is 1.52. The number of allylic oxidation sites excluding steroid dienone is 1. The third-order valence-corrected chi connectivity index (χ3v) is 2.56. The summed E-state index contributed by atoms with van der Waals surface area (Å²) in [5.74, 6) is -0.160. The standard InChI is InChI=1S/C14H17F2NO3/c1-2-3-4-13(19)17-9-12(18)10-5-7-11(8-6-10)20-14(15)16/h2,5-8,12,14,18H,1,3-4,9H2,(H,17,19). The van der Waals surface area contributed by atoms with Crippen LogP contribution in [0, 0.1) is 0 Å². The lowest BCUT2D eigenvalue weighted by atomic mass is 10.1. The maximum absolute atomic E-state index is 12.0. The van der Waals surface area contributed by atoms with Crippen molar-refractivity contribution in [2.75, 3.05) is 6.54 Å². The van der Waals surface area contributed by atoms with Crippen molar-refractivity contribution < 1.29 is 23.4 Å². The minimum Gasteiger partial charge on any atom is -0.435 e. The first kappa shape index (κ1) is 16.1. The van der Waals surface area contributed by atoms with Crippen LogP contribution in [0.4, 0.5) is 8.78 Å². The zero-order chi connectivity index (χ0) is 15.0. The SMILES string of the molecule is C=CCCC(=O)NCC(O)c1ccc(OC(F)F)cc1. The van der Waals surface area contributed by atoms with Crippen molar-refractivity contribution in [3.05, 3.63) is 42.5 Å². The van der Waals surface area contributed by atoms with Crippen LogP contribution >= 0.6 is 0 Å². The van der Waals surface area contributed by atoms with Crippen LogP contribution in [0.25, 0.3) is 0 Å². The molecular weight excluding hydrogens is 268 g/mol. The normalized spacial score (nSPS) is 12.0.